The van der Waals surface area contributed by atoms with E-state index >= 15 is 0 Å². The fraction of sp³-hybridized carbons (Fsp3) is 0.409. The van der Waals surface area contributed by atoms with Crippen molar-refractivity contribution in [2.24, 2.45) is 11.1 Å². The van der Waals surface area contributed by atoms with E-state index in [2.05, 4.69) is 0 Å². The number of rotatable bonds is 7. The highest BCUT2D eigenvalue weighted by Gasteiger charge is 2.35. The second-order valence-electron chi connectivity index (χ2n) is 7.99. The van der Waals surface area contributed by atoms with Crippen molar-refractivity contribution in [1.29, 1.82) is 0 Å². The number of halogens is 3. The number of benzene rings is 2. The van der Waals surface area contributed by atoms with E-state index < -0.39 is 28.9 Å². The summed E-state index contributed by atoms with van der Waals surface area (Å²) in [5.74, 6) is -0.495. The molecule has 2 N–H and O–H groups in total. The molecule has 2 atom stereocenters. The summed E-state index contributed by atoms with van der Waals surface area (Å²) in [6.07, 6.45) is -3.73. The molecule has 1 saturated carbocycles. The molecular weight excluding hydrogens is 445 g/mol. The van der Waals surface area contributed by atoms with Crippen LogP contribution in [-0.4, -0.2) is 45.2 Å². The third-order valence-corrected chi connectivity index (χ3v) is 6.44. The van der Waals surface area contributed by atoms with E-state index in [0.29, 0.717) is 30.5 Å². The van der Waals surface area contributed by atoms with E-state index in [-0.39, 0.29) is 23.1 Å². The monoisotopic (exact) mass is 470 g/mol. The van der Waals surface area contributed by atoms with E-state index in [9.17, 15) is 26.4 Å². The van der Waals surface area contributed by atoms with Crippen molar-refractivity contribution in [1.82, 2.24) is 4.90 Å². The van der Waals surface area contributed by atoms with Crippen LogP contribution >= 0.6 is 0 Å². The molecule has 3 rings (SSSR count). The minimum Gasteiger partial charge on any atom is -0.369 e. The molecule has 2 aromatic rings. The summed E-state index contributed by atoms with van der Waals surface area (Å²) >= 11 is 0. The van der Waals surface area contributed by atoms with Crippen LogP contribution < -0.4 is 5.14 Å². The first-order chi connectivity index (χ1) is 14.9. The third-order valence-electron chi connectivity index (χ3n) is 5.47. The van der Waals surface area contributed by atoms with Gasteiger partial charge in [0, 0.05) is 25.1 Å². The number of carbonyl (C=O) groups is 1. The Kier molecular flexibility index (Phi) is 7.26. The molecule has 0 radical (unpaired) electrons. The Hall–Kier alpha value is -2.43. The molecule has 0 heterocycles. The predicted octanol–water partition coefficient (Wildman–Crippen LogP) is 3.71. The maximum Gasteiger partial charge on any atom is 0.411 e. The summed E-state index contributed by atoms with van der Waals surface area (Å²) in [4.78, 5) is 14.3. The van der Waals surface area contributed by atoms with Gasteiger partial charge in [-0.15, -0.1) is 0 Å². The Bertz CT molecular complexity index is 1060. The number of primary sulfonamides is 1. The molecule has 0 saturated heterocycles. The van der Waals surface area contributed by atoms with Gasteiger partial charge in [-0.2, -0.15) is 13.2 Å². The number of nitrogens with zero attached hydrogens (tertiary/aromatic N) is 1. The van der Waals surface area contributed by atoms with Crippen LogP contribution in [0.1, 0.15) is 24.8 Å². The molecular formula is C22H25F3N2O4S. The summed E-state index contributed by atoms with van der Waals surface area (Å²) in [7, 11) is -2.22. The highest BCUT2D eigenvalue weighted by atomic mass is 32.2. The molecule has 10 heteroatoms. The molecule has 32 heavy (non-hydrogen) atoms. The summed E-state index contributed by atoms with van der Waals surface area (Å²) < 4.78 is 65.5. The molecule has 1 aliphatic rings. The lowest BCUT2D eigenvalue weighted by Gasteiger charge is -2.21. The zero-order valence-electron chi connectivity index (χ0n) is 17.5. The molecule has 0 bridgehead atoms. The Morgan fingerprint density at radius 2 is 1.78 bits per heavy atom. The zero-order chi connectivity index (χ0) is 23.5. The van der Waals surface area contributed by atoms with Gasteiger partial charge in [0.1, 0.15) is 6.61 Å². The highest BCUT2D eigenvalue weighted by Crippen LogP contribution is 2.31. The highest BCUT2D eigenvalue weighted by molar-refractivity contribution is 7.89. The summed E-state index contributed by atoms with van der Waals surface area (Å²) in [6.45, 7) is -0.976. The topological polar surface area (TPSA) is 89.7 Å². The summed E-state index contributed by atoms with van der Waals surface area (Å²) in [6, 6.07) is 13.5. The number of hydrogen-bond donors (Lipinski definition) is 1. The van der Waals surface area contributed by atoms with Crippen molar-refractivity contribution in [2.45, 2.75) is 43.0 Å². The molecule has 1 amide bonds. The molecule has 0 aliphatic heterocycles. The van der Waals surface area contributed by atoms with Crippen LogP contribution in [0.4, 0.5) is 13.2 Å². The Morgan fingerprint density at radius 1 is 1.12 bits per heavy atom. The van der Waals surface area contributed by atoms with E-state index in [1.807, 2.05) is 0 Å². The van der Waals surface area contributed by atoms with Crippen molar-refractivity contribution >= 4 is 15.9 Å². The van der Waals surface area contributed by atoms with Gasteiger partial charge in [0.05, 0.1) is 11.0 Å². The first kappa shape index (κ1) is 24.2. The molecule has 174 valence electrons. The molecule has 2 aromatic carbocycles. The lowest BCUT2D eigenvalue weighted by Crippen LogP contribution is -2.32. The number of alkyl halides is 3. The number of amides is 1. The maximum atomic E-state index is 12.7. The van der Waals surface area contributed by atoms with Crippen LogP contribution in [0.5, 0.6) is 0 Å². The average molecular weight is 471 g/mol. The van der Waals surface area contributed by atoms with Crippen LogP contribution in [0, 0.1) is 5.92 Å². The van der Waals surface area contributed by atoms with Crippen molar-refractivity contribution in [3.8, 4) is 11.1 Å². The molecule has 0 aromatic heterocycles. The van der Waals surface area contributed by atoms with E-state index in [0.717, 1.165) is 5.56 Å². The van der Waals surface area contributed by atoms with Crippen molar-refractivity contribution < 1.29 is 31.1 Å². The summed E-state index contributed by atoms with van der Waals surface area (Å²) in [5, 5.41) is 5.30. The van der Waals surface area contributed by atoms with Gasteiger partial charge >= 0.3 is 6.18 Å². The van der Waals surface area contributed by atoms with Gasteiger partial charge in [0.15, 0.2) is 0 Å². The van der Waals surface area contributed by atoms with Crippen LogP contribution in [-0.2, 0) is 26.1 Å². The van der Waals surface area contributed by atoms with Crippen LogP contribution in [0.2, 0.25) is 0 Å². The van der Waals surface area contributed by atoms with Crippen molar-refractivity contribution in [3.63, 3.8) is 0 Å². The third kappa shape index (κ3) is 6.30. The minimum atomic E-state index is -4.38. The lowest BCUT2D eigenvalue weighted by molar-refractivity contribution is -0.184. The molecule has 1 unspecified atom stereocenters. The Morgan fingerprint density at radius 3 is 2.41 bits per heavy atom. The van der Waals surface area contributed by atoms with Crippen molar-refractivity contribution in [2.75, 3.05) is 13.7 Å². The largest absolute Gasteiger partial charge is 0.411 e. The maximum absolute atomic E-state index is 12.7. The van der Waals surface area contributed by atoms with Gasteiger partial charge in [-0.3, -0.25) is 4.79 Å². The molecule has 6 nitrogen and oxygen atoms in total. The van der Waals surface area contributed by atoms with Crippen LogP contribution in [0.3, 0.4) is 0 Å². The Labute approximate surface area is 185 Å². The zero-order valence-corrected chi connectivity index (χ0v) is 18.3. The second-order valence-corrected chi connectivity index (χ2v) is 9.52. The number of ether oxygens (including phenoxy) is 1. The lowest BCUT2D eigenvalue weighted by atomic mass is 10.0. The molecule has 1 aliphatic carbocycles. The number of sulfonamides is 1. The van der Waals surface area contributed by atoms with Gasteiger partial charge in [0.25, 0.3) is 0 Å². The molecule has 1 fully saturated rings. The van der Waals surface area contributed by atoms with Gasteiger partial charge in [0.2, 0.25) is 15.9 Å². The van der Waals surface area contributed by atoms with Gasteiger partial charge in [-0.25, -0.2) is 13.6 Å². The van der Waals surface area contributed by atoms with Crippen molar-refractivity contribution in [3.05, 3.63) is 54.1 Å². The van der Waals surface area contributed by atoms with Crippen LogP contribution in [0.25, 0.3) is 11.1 Å². The van der Waals surface area contributed by atoms with Gasteiger partial charge in [-0.1, -0.05) is 42.5 Å². The predicted molar refractivity (Wildman–Crippen MR) is 113 cm³/mol. The van der Waals surface area contributed by atoms with Gasteiger partial charge in [-0.05, 0) is 36.5 Å². The number of nitrogens with two attached hydrogens (primary N) is 1. The Balaban J connectivity index is 1.61. The smallest absolute Gasteiger partial charge is 0.369 e. The summed E-state index contributed by atoms with van der Waals surface area (Å²) in [5.41, 5.74) is 2.00. The fourth-order valence-corrected chi connectivity index (χ4v) is 4.70. The first-order valence-corrected chi connectivity index (χ1v) is 11.6. The number of hydrogen-bond acceptors (Lipinski definition) is 4. The van der Waals surface area contributed by atoms with E-state index in [1.165, 1.54) is 6.07 Å². The number of carbonyl (C=O) groups excluding carboxylic acids is 1. The molecule has 0 spiro atoms. The standard InChI is InChI=1S/C22H25F3N2O4S/c1-27(21(28)17-10-11-18(12-17)31-14-22(23,24)25)13-15-6-8-16(9-7-15)19-4-2-3-5-20(19)32(26,29)30/h2-9,17-18H,10-14H2,1H3,(H2,26,29,30)/t17-,18?/m0/s1. The first-order valence-electron chi connectivity index (χ1n) is 10.1. The normalized spacial score (nSPS) is 19.2. The van der Waals surface area contributed by atoms with Gasteiger partial charge < -0.3 is 9.64 Å². The quantitative estimate of drug-likeness (QED) is 0.668. The minimum absolute atomic E-state index is 0.0311. The van der Waals surface area contributed by atoms with Crippen LogP contribution in [0.15, 0.2) is 53.4 Å². The second kappa shape index (κ2) is 9.60. The average Bonchev–Trinajstić information content (AvgIpc) is 3.20. The van der Waals surface area contributed by atoms with E-state index in [4.69, 9.17) is 9.88 Å². The fourth-order valence-electron chi connectivity index (χ4n) is 3.93. The van der Waals surface area contributed by atoms with E-state index in [1.54, 1.807) is 54.4 Å². The SMILES string of the molecule is CN(Cc1ccc(-c2ccccc2S(N)(=O)=O)cc1)C(=O)[C@H]1CCC(OCC(F)(F)F)C1.